The second-order valence-corrected chi connectivity index (χ2v) is 6.61. The predicted molar refractivity (Wildman–Crippen MR) is 107 cm³/mol. The zero-order chi connectivity index (χ0) is 19.6. The molecule has 8 heteroatoms. The molecule has 3 rings (SSSR count). The summed E-state index contributed by atoms with van der Waals surface area (Å²) in [6.07, 6.45) is 1.20. The first-order valence-electron chi connectivity index (χ1n) is 7.94. The zero-order valence-corrected chi connectivity index (χ0v) is 16.1. The molecule has 0 radical (unpaired) electrons. The van der Waals surface area contributed by atoms with E-state index >= 15 is 0 Å². The van der Waals surface area contributed by atoms with E-state index in [9.17, 15) is 14.7 Å². The number of hydrogen-bond donors (Lipinski definition) is 2. The number of ether oxygens (including phenoxy) is 1. The third-order valence-corrected chi connectivity index (χ3v) is 4.44. The van der Waals surface area contributed by atoms with Crippen LogP contribution in [0.15, 0.2) is 61.5 Å². The Morgan fingerprint density at radius 2 is 1.96 bits per heavy atom. The van der Waals surface area contributed by atoms with Crippen molar-refractivity contribution >= 4 is 27.8 Å². The van der Waals surface area contributed by atoms with Crippen molar-refractivity contribution in [3.63, 3.8) is 0 Å². The first-order chi connectivity index (χ1) is 12.9. The normalized spacial score (nSPS) is 11.1. The van der Waals surface area contributed by atoms with Gasteiger partial charge in [-0.05, 0) is 36.8 Å². The van der Waals surface area contributed by atoms with Gasteiger partial charge >= 0.3 is 5.69 Å². The molecular formula is C19H16BrN3O4. The summed E-state index contributed by atoms with van der Waals surface area (Å²) in [5.74, 6) is 0.00153. The lowest BCUT2D eigenvalue weighted by Crippen LogP contribution is -2.31. The lowest BCUT2D eigenvalue weighted by molar-refractivity contribution is 0.416. The van der Waals surface area contributed by atoms with E-state index in [0.717, 1.165) is 14.6 Å². The van der Waals surface area contributed by atoms with Crippen LogP contribution in [-0.2, 0) is 0 Å². The van der Waals surface area contributed by atoms with Crippen LogP contribution in [0.3, 0.4) is 0 Å². The summed E-state index contributed by atoms with van der Waals surface area (Å²) in [5, 5.41) is 10.6. The van der Waals surface area contributed by atoms with Crippen molar-refractivity contribution in [1.29, 1.82) is 0 Å². The average Bonchev–Trinajstić information content (AvgIpc) is 2.63. The first kappa shape index (κ1) is 18.7. The molecule has 1 aromatic heterocycles. The van der Waals surface area contributed by atoms with Crippen LogP contribution >= 0.6 is 15.9 Å². The number of aromatic amines is 1. The van der Waals surface area contributed by atoms with E-state index in [0.29, 0.717) is 17.1 Å². The molecule has 0 aliphatic carbocycles. The van der Waals surface area contributed by atoms with E-state index in [1.165, 1.54) is 13.3 Å². The lowest BCUT2D eigenvalue weighted by atomic mass is 10.2. The Hall–Kier alpha value is -3.13. The molecule has 0 atom stereocenters. The van der Waals surface area contributed by atoms with Crippen LogP contribution in [0.4, 0.5) is 5.69 Å². The van der Waals surface area contributed by atoms with Gasteiger partial charge in [-0.1, -0.05) is 34.1 Å². The predicted octanol–water partition coefficient (Wildman–Crippen LogP) is 3.06. The molecule has 0 spiro atoms. The number of rotatable bonds is 4. The van der Waals surface area contributed by atoms with E-state index in [1.54, 1.807) is 43.3 Å². The molecule has 0 amide bonds. The van der Waals surface area contributed by atoms with Gasteiger partial charge in [0, 0.05) is 10.7 Å². The monoisotopic (exact) mass is 429 g/mol. The Bertz CT molecular complexity index is 1150. The summed E-state index contributed by atoms with van der Waals surface area (Å²) in [6.45, 7) is 1.80. The summed E-state index contributed by atoms with van der Waals surface area (Å²) >= 11 is 3.34. The maximum Gasteiger partial charge on any atom is 0.335 e. The molecule has 3 aromatic rings. The van der Waals surface area contributed by atoms with Gasteiger partial charge in [-0.15, -0.1) is 0 Å². The van der Waals surface area contributed by atoms with Gasteiger partial charge < -0.3 is 9.84 Å². The number of aromatic hydroxyl groups is 1. The van der Waals surface area contributed by atoms with Crippen LogP contribution in [-0.4, -0.2) is 28.0 Å². The van der Waals surface area contributed by atoms with E-state index in [4.69, 9.17) is 4.74 Å². The standard InChI is InChI=1S/C19H16BrN3O4/c1-11-5-3-4-6-15(11)23-18(25)13(17(24)22-19(23)26)10-21-14-8-7-12(20)9-16(14)27-2/h3-10,25H,1-2H3,(H,22,24,26). The Labute approximate surface area is 162 Å². The maximum atomic E-state index is 12.3. The van der Waals surface area contributed by atoms with Crippen molar-refractivity contribution in [2.24, 2.45) is 4.99 Å². The number of H-pyrrole nitrogens is 1. The number of aliphatic imine (C=N–C) groups is 1. The topological polar surface area (TPSA) is 96.7 Å². The van der Waals surface area contributed by atoms with Gasteiger partial charge in [-0.2, -0.15) is 0 Å². The van der Waals surface area contributed by atoms with Crippen LogP contribution in [0.25, 0.3) is 5.69 Å². The van der Waals surface area contributed by atoms with Gasteiger partial charge in [0.2, 0.25) is 5.88 Å². The minimum absolute atomic E-state index is 0.136. The summed E-state index contributed by atoms with van der Waals surface area (Å²) in [7, 11) is 1.50. The summed E-state index contributed by atoms with van der Waals surface area (Å²) < 4.78 is 7.11. The zero-order valence-electron chi connectivity index (χ0n) is 14.6. The molecular weight excluding hydrogens is 414 g/mol. The molecule has 0 fully saturated rings. The quantitative estimate of drug-likeness (QED) is 0.622. The fourth-order valence-electron chi connectivity index (χ4n) is 2.58. The number of aryl methyl sites for hydroxylation is 1. The Morgan fingerprint density at radius 1 is 1.22 bits per heavy atom. The highest BCUT2D eigenvalue weighted by Crippen LogP contribution is 2.30. The third-order valence-electron chi connectivity index (χ3n) is 3.95. The van der Waals surface area contributed by atoms with Crippen LogP contribution in [0, 0.1) is 6.92 Å². The molecule has 1 heterocycles. The van der Waals surface area contributed by atoms with Gasteiger partial charge in [-0.3, -0.25) is 14.8 Å². The minimum atomic E-state index is -0.734. The fourth-order valence-corrected chi connectivity index (χ4v) is 2.92. The van der Waals surface area contributed by atoms with Crippen molar-refractivity contribution in [2.75, 3.05) is 7.11 Å². The van der Waals surface area contributed by atoms with Gasteiger partial charge in [0.25, 0.3) is 5.56 Å². The van der Waals surface area contributed by atoms with Gasteiger partial charge in [-0.25, -0.2) is 9.36 Å². The number of hydrogen-bond acceptors (Lipinski definition) is 5. The van der Waals surface area contributed by atoms with E-state index in [1.807, 2.05) is 6.07 Å². The molecule has 2 N–H and O–H groups in total. The van der Waals surface area contributed by atoms with Crippen molar-refractivity contribution in [2.45, 2.75) is 6.92 Å². The van der Waals surface area contributed by atoms with Crippen molar-refractivity contribution in [3.8, 4) is 17.3 Å². The van der Waals surface area contributed by atoms with E-state index < -0.39 is 17.1 Å². The summed E-state index contributed by atoms with van der Waals surface area (Å²) in [4.78, 5) is 30.9. The maximum absolute atomic E-state index is 12.3. The molecule has 0 aliphatic rings. The lowest BCUT2D eigenvalue weighted by Gasteiger charge is -2.12. The number of para-hydroxylation sites is 1. The SMILES string of the molecule is COc1cc(Br)ccc1N=Cc1c(O)n(-c2ccccc2C)c(=O)[nH]c1=O. The number of nitrogens with one attached hydrogen (secondary N) is 1. The second kappa shape index (κ2) is 7.63. The minimum Gasteiger partial charge on any atom is -0.494 e. The Balaban J connectivity index is 2.15. The molecule has 7 nitrogen and oxygen atoms in total. The Morgan fingerprint density at radius 3 is 2.67 bits per heavy atom. The second-order valence-electron chi connectivity index (χ2n) is 5.69. The van der Waals surface area contributed by atoms with E-state index in [-0.39, 0.29) is 5.56 Å². The number of halogens is 1. The fraction of sp³-hybridized carbons (Fsp3) is 0.105. The number of nitrogens with zero attached hydrogens (tertiary/aromatic N) is 2. The Kier molecular flexibility index (Phi) is 5.27. The van der Waals surface area contributed by atoms with E-state index in [2.05, 4.69) is 25.9 Å². The van der Waals surface area contributed by atoms with Crippen molar-refractivity contribution in [1.82, 2.24) is 9.55 Å². The molecule has 138 valence electrons. The van der Waals surface area contributed by atoms with Gasteiger partial charge in [0.15, 0.2) is 0 Å². The number of aromatic nitrogens is 2. The molecule has 0 bridgehead atoms. The average molecular weight is 430 g/mol. The molecule has 0 saturated heterocycles. The van der Waals surface area contributed by atoms with Crippen LogP contribution in [0.1, 0.15) is 11.1 Å². The summed E-state index contributed by atoms with van der Waals surface area (Å²) in [6, 6.07) is 12.2. The molecule has 27 heavy (non-hydrogen) atoms. The van der Waals surface area contributed by atoms with Crippen LogP contribution in [0.5, 0.6) is 11.6 Å². The largest absolute Gasteiger partial charge is 0.494 e. The molecule has 0 unspecified atom stereocenters. The highest BCUT2D eigenvalue weighted by molar-refractivity contribution is 9.10. The summed E-state index contributed by atoms with van der Waals surface area (Å²) in [5.41, 5.74) is 0.0924. The highest BCUT2D eigenvalue weighted by atomic mass is 79.9. The van der Waals surface area contributed by atoms with Crippen molar-refractivity contribution in [3.05, 3.63) is 78.9 Å². The van der Waals surface area contributed by atoms with Crippen molar-refractivity contribution < 1.29 is 9.84 Å². The smallest absolute Gasteiger partial charge is 0.335 e. The van der Waals surface area contributed by atoms with Gasteiger partial charge in [0.05, 0.1) is 12.8 Å². The third kappa shape index (κ3) is 3.70. The molecule has 0 aliphatic heterocycles. The van der Waals surface area contributed by atoms with Gasteiger partial charge in [0.1, 0.15) is 17.0 Å². The van der Waals surface area contributed by atoms with Crippen LogP contribution in [0.2, 0.25) is 0 Å². The number of benzene rings is 2. The highest BCUT2D eigenvalue weighted by Gasteiger charge is 2.15. The first-order valence-corrected chi connectivity index (χ1v) is 8.73. The van der Waals surface area contributed by atoms with Crippen LogP contribution < -0.4 is 16.0 Å². The molecule has 2 aromatic carbocycles. The number of methoxy groups -OCH3 is 1. The molecule has 0 saturated carbocycles.